The molecule has 0 radical (unpaired) electrons. The number of nitrogens with one attached hydrogen (secondary N) is 1. The van der Waals surface area contributed by atoms with Crippen molar-refractivity contribution in [3.05, 3.63) is 63.2 Å². The molecule has 27 heavy (non-hydrogen) atoms. The molecule has 0 fully saturated rings. The second kappa shape index (κ2) is 8.90. The summed E-state index contributed by atoms with van der Waals surface area (Å²) in [6.45, 7) is -3.74. The van der Waals surface area contributed by atoms with Gasteiger partial charge in [0.25, 0.3) is 11.6 Å². The zero-order chi connectivity index (χ0) is 20.0. The third kappa shape index (κ3) is 5.89. The molecule has 2 aromatic rings. The van der Waals surface area contributed by atoms with Crippen LogP contribution < -0.4 is 10.1 Å². The van der Waals surface area contributed by atoms with Gasteiger partial charge in [-0.1, -0.05) is 17.7 Å². The smallest absolute Gasteiger partial charge is 0.387 e. The molecule has 0 unspecified atom stereocenters. The molecule has 1 N–H and O–H groups in total. The first kappa shape index (κ1) is 20.0. The zero-order valence-corrected chi connectivity index (χ0v) is 14.1. The first-order valence-corrected chi connectivity index (χ1v) is 7.60. The summed E-state index contributed by atoms with van der Waals surface area (Å²) in [5.74, 6) is -1.92. The van der Waals surface area contributed by atoms with Crippen LogP contribution in [0.2, 0.25) is 5.02 Å². The summed E-state index contributed by atoms with van der Waals surface area (Å²) >= 11 is 5.83. The highest BCUT2D eigenvalue weighted by Gasteiger charge is 2.15. The molecule has 1 amide bonds. The van der Waals surface area contributed by atoms with Gasteiger partial charge in [-0.3, -0.25) is 14.9 Å². The van der Waals surface area contributed by atoms with Gasteiger partial charge in [0.05, 0.1) is 21.2 Å². The number of nitro benzene ring substituents is 1. The van der Waals surface area contributed by atoms with E-state index in [0.717, 1.165) is 18.2 Å². The van der Waals surface area contributed by atoms with Crippen molar-refractivity contribution in [1.82, 2.24) is 0 Å². The summed E-state index contributed by atoms with van der Waals surface area (Å²) in [5, 5.41) is 12.9. The van der Waals surface area contributed by atoms with Gasteiger partial charge < -0.3 is 14.8 Å². The van der Waals surface area contributed by atoms with Crippen LogP contribution >= 0.6 is 11.6 Å². The number of carbonyl (C=O) groups is 2. The molecule has 8 nitrogen and oxygen atoms in total. The molecule has 0 saturated carbocycles. The molecule has 0 aromatic heterocycles. The summed E-state index contributed by atoms with van der Waals surface area (Å²) < 4.78 is 33.3. The molecule has 2 aromatic carbocycles. The Morgan fingerprint density at radius 1 is 1.22 bits per heavy atom. The van der Waals surface area contributed by atoms with E-state index in [2.05, 4.69) is 10.1 Å². The Bertz CT molecular complexity index is 878. The molecule has 0 heterocycles. The summed E-state index contributed by atoms with van der Waals surface area (Å²) in [6.07, 6.45) is 0. The summed E-state index contributed by atoms with van der Waals surface area (Å²) in [7, 11) is 0. The fraction of sp³-hybridized carbons (Fsp3) is 0.125. The number of hydrogen-bond donors (Lipinski definition) is 1. The van der Waals surface area contributed by atoms with Crippen LogP contribution in [0.15, 0.2) is 42.5 Å². The second-order valence-corrected chi connectivity index (χ2v) is 5.36. The van der Waals surface area contributed by atoms with Crippen LogP contribution in [0, 0.1) is 10.1 Å². The minimum atomic E-state index is -3.05. The van der Waals surface area contributed by atoms with Gasteiger partial charge in [-0.25, -0.2) is 4.79 Å². The highest BCUT2D eigenvalue weighted by Crippen LogP contribution is 2.26. The van der Waals surface area contributed by atoms with Gasteiger partial charge >= 0.3 is 12.6 Å². The molecule has 0 aliphatic rings. The lowest BCUT2D eigenvalue weighted by molar-refractivity contribution is -0.384. The van der Waals surface area contributed by atoms with Gasteiger partial charge in [0.1, 0.15) is 5.75 Å². The predicted molar refractivity (Wildman–Crippen MR) is 90.1 cm³/mol. The fourth-order valence-electron chi connectivity index (χ4n) is 1.92. The highest BCUT2D eigenvalue weighted by atomic mass is 35.5. The zero-order valence-electron chi connectivity index (χ0n) is 13.4. The average Bonchev–Trinajstić information content (AvgIpc) is 2.61. The predicted octanol–water partition coefficient (Wildman–Crippen LogP) is 3.65. The Balaban J connectivity index is 1.93. The SMILES string of the molecule is O=C(COC(=O)c1cccc(OC(F)F)c1)Nc1ccc([N+](=O)[O-])cc1Cl. The van der Waals surface area contributed by atoms with Crippen LogP contribution in [0.1, 0.15) is 10.4 Å². The number of non-ortho nitro benzene ring substituents is 1. The largest absolute Gasteiger partial charge is 0.452 e. The molecule has 0 aliphatic carbocycles. The van der Waals surface area contributed by atoms with E-state index in [1.165, 1.54) is 24.3 Å². The molecule has 0 atom stereocenters. The van der Waals surface area contributed by atoms with E-state index in [9.17, 15) is 28.5 Å². The first-order chi connectivity index (χ1) is 12.8. The maximum Gasteiger partial charge on any atom is 0.387 e. The maximum absolute atomic E-state index is 12.2. The molecule has 142 valence electrons. The summed E-state index contributed by atoms with van der Waals surface area (Å²) in [6, 6.07) is 8.30. The van der Waals surface area contributed by atoms with Crippen molar-refractivity contribution in [2.24, 2.45) is 0 Å². The van der Waals surface area contributed by atoms with Gasteiger partial charge in [-0.15, -0.1) is 0 Å². The van der Waals surface area contributed by atoms with Gasteiger partial charge in [-0.05, 0) is 24.3 Å². The first-order valence-electron chi connectivity index (χ1n) is 7.22. The molecule has 2 rings (SSSR count). The Morgan fingerprint density at radius 3 is 2.59 bits per heavy atom. The normalized spacial score (nSPS) is 10.4. The molecule has 0 aliphatic heterocycles. The van der Waals surface area contributed by atoms with E-state index in [4.69, 9.17) is 16.3 Å². The van der Waals surface area contributed by atoms with Crippen molar-refractivity contribution >= 4 is 34.9 Å². The number of nitrogens with zero attached hydrogens (tertiary/aromatic N) is 1. The van der Waals surface area contributed by atoms with Gasteiger partial charge in [0.15, 0.2) is 6.61 Å². The second-order valence-electron chi connectivity index (χ2n) is 4.95. The minimum Gasteiger partial charge on any atom is -0.452 e. The number of anilines is 1. The number of benzene rings is 2. The minimum absolute atomic E-state index is 0.0688. The van der Waals surface area contributed by atoms with E-state index in [1.807, 2.05) is 0 Å². The number of carbonyl (C=O) groups excluding carboxylic acids is 2. The topological polar surface area (TPSA) is 108 Å². The van der Waals surface area contributed by atoms with Gasteiger partial charge in [0, 0.05) is 12.1 Å². The van der Waals surface area contributed by atoms with Crippen molar-refractivity contribution in [1.29, 1.82) is 0 Å². The van der Waals surface area contributed by atoms with Crippen molar-refractivity contribution in [3.8, 4) is 5.75 Å². The number of hydrogen-bond acceptors (Lipinski definition) is 6. The van der Waals surface area contributed by atoms with E-state index < -0.39 is 30.0 Å². The molecule has 0 spiro atoms. The van der Waals surface area contributed by atoms with Crippen molar-refractivity contribution < 1.29 is 32.8 Å². The van der Waals surface area contributed by atoms with E-state index in [1.54, 1.807) is 0 Å². The van der Waals surface area contributed by atoms with E-state index in [0.29, 0.717) is 0 Å². The summed E-state index contributed by atoms with van der Waals surface area (Å²) in [5.41, 5.74) is -0.250. The van der Waals surface area contributed by atoms with Crippen LogP contribution in [0.5, 0.6) is 5.75 Å². The monoisotopic (exact) mass is 400 g/mol. The van der Waals surface area contributed by atoms with Crippen molar-refractivity contribution in [2.45, 2.75) is 6.61 Å². The van der Waals surface area contributed by atoms with Gasteiger partial charge in [-0.2, -0.15) is 8.78 Å². The van der Waals surface area contributed by atoms with E-state index >= 15 is 0 Å². The van der Waals surface area contributed by atoms with Crippen LogP contribution in [0.3, 0.4) is 0 Å². The fourth-order valence-corrected chi connectivity index (χ4v) is 2.14. The third-order valence-corrected chi connectivity index (χ3v) is 3.38. The van der Waals surface area contributed by atoms with Crippen LogP contribution in [0.4, 0.5) is 20.2 Å². The standard InChI is InChI=1S/C16H11ClF2N2O6/c17-12-7-10(21(24)25)4-5-13(12)20-14(22)8-26-15(23)9-2-1-3-11(6-9)27-16(18)19/h1-7,16H,8H2,(H,20,22). The Hall–Kier alpha value is -3.27. The average molecular weight is 401 g/mol. The number of amides is 1. The Kier molecular flexibility index (Phi) is 6.61. The van der Waals surface area contributed by atoms with E-state index in [-0.39, 0.29) is 27.7 Å². The Morgan fingerprint density at radius 2 is 1.96 bits per heavy atom. The number of esters is 1. The third-order valence-electron chi connectivity index (χ3n) is 3.07. The maximum atomic E-state index is 12.2. The number of alkyl halides is 2. The number of halogens is 3. The quantitative estimate of drug-likeness (QED) is 0.432. The molecule has 0 saturated heterocycles. The lowest BCUT2D eigenvalue weighted by Gasteiger charge is -2.09. The molecular weight excluding hydrogens is 390 g/mol. The molecule has 11 heteroatoms. The van der Waals surface area contributed by atoms with Crippen molar-refractivity contribution in [2.75, 3.05) is 11.9 Å². The highest BCUT2D eigenvalue weighted by molar-refractivity contribution is 6.34. The molecule has 0 bridgehead atoms. The lowest BCUT2D eigenvalue weighted by atomic mass is 10.2. The number of nitro groups is 1. The van der Waals surface area contributed by atoms with Crippen molar-refractivity contribution in [3.63, 3.8) is 0 Å². The van der Waals surface area contributed by atoms with Crippen LogP contribution in [0.25, 0.3) is 0 Å². The Labute approximate surface area is 155 Å². The van der Waals surface area contributed by atoms with Crippen LogP contribution in [-0.4, -0.2) is 30.0 Å². The number of rotatable bonds is 7. The molecular formula is C16H11ClF2N2O6. The lowest BCUT2D eigenvalue weighted by Crippen LogP contribution is -2.21. The van der Waals surface area contributed by atoms with Crippen LogP contribution in [-0.2, 0) is 9.53 Å². The summed E-state index contributed by atoms with van der Waals surface area (Å²) in [4.78, 5) is 33.7. The number of ether oxygens (including phenoxy) is 2. The van der Waals surface area contributed by atoms with Gasteiger partial charge in [0.2, 0.25) is 0 Å².